The van der Waals surface area contributed by atoms with E-state index in [1.54, 1.807) is 15.7 Å². The van der Waals surface area contributed by atoms with Crippen molar-refractivity contribution in [2.45, 2.75) is 193 Å². The van der Waals surface area contributed by atoms with E-state index >= 15 is 0 Å². The first-order valence-corrected chi connectivity index (χ1v) is 34.0. The van der Waals surface area contributed by atoms with Crippen molar-refractivity contribution in [3.63, 3.8) is 0 Å². The van der Waals surface area contributed by atoms with Crippen molar-refractivity contribution in [1.29, 1.82) is 0 Å². The van der Waals surface area contributed by atoms with Crippen LogP contribution in [0.5, 0.6) is 0 Å². The van der Waals surface area contributed by atoms with Crippen LogP contribution < -0.4 is 25.4 Å². The van der Waals surface area contributed by atoms with Gasteiger partial charge in [-0.1, -0.05) is 257 Å². The Balaban J connectivity index is 1.42. The van der Waals surface area contributed by atoms with E-state index in [4.69, 9.17) is 8.83 Å². The highest BCUT2D eigenvalue weighted by Gasteiger charge is 2.38. The van der Waals surface area contributed by atoms with Crippen molar-refractivity contribution in [2.24, 2.45) is 0 Å². The number of fused-ring (bicyclic) bond motifs is 2. The highest BCUT2D eigenvalue weighted by atomic mass is 31.2. The Morgan fingerprint density at radius 1 is 0.523 bits per heavy atom. The van der Waals surface area contributed by atoms with Crippen LogP contribution >= 0.6 is 16.8 Å². The Morgan fingerprint density at radius 2 is 1.02 bits per heavy atom. The van der Waals surface area contributed by atoms with E-state index in [-0.39, 0.29) is 0 Å². The molecular weight excluding hydrogens is 861 g/mol. The van der Waals surface area contributed by atoms with E-state index in [0.29, 0.717) is 14.4 Å². The average molecular weight is 944 g/mol. The van der Waals surface area contributed by atoms with Crippen molar-refractivity contribution >= 4 is 81.6 Å². The highest BCUT2D eigenvalue weighted by molar-refractivity contribution is 7.78. The Morgan fingerprint density at radius 3 is 1.57 bits per heavy atom. The number of anilines is 1. The summed E-state index contributed by atoms with van der Waals surface area (Å²) in [7, 11) is -3.76. The Labute approximate surface area is 400 Å². The molecule has 6 aromatic rings. The fraction of sp³-hybridized carbons (Fsp3) is 0.517. The molecule has 2 atom stereocenters. The molecular formula is C58H83NO2P2Si2. The molecule has 0 aliphatic heterocycles. The van der Waals surface area contributed by atoms with Crippen LogP contribution in [-0.2, 0) is 0 Å². The van der Waals surface area contributed by atoms with Gasteiger partial charge in [-0.3, -0.25) is 0 Å². The van der Waals surface area contributed by atoms with Crippen molar-refractivity contribution in [3.05, 3.63) is 104 Å². The topological polar surface area (TPSA) is 29.5 Å². The first-order valence-electron chi connectivity index (χ1n) is 26.5. The molecule has 4 aromatic carbocycles. The molecule has 1 saturated carbocycles. The number of hydrogen-bond acceptors (Lipinski definition) is 3. The number of hydrogen-bond donors (Lipinski definition) is 0. The lowest BCUT2D eigenvalue weighted by molar-refractivity contribution is 0.512. The Hall–Kier alpha value is -2.95. The summed E-state index contributed by atoms with van der Waals surface area (Å²) in [5, 5.41) is 8.75. The van der Waals surface area contributed by atoms with Gasteiger partial charge in [0.05, 0.1) is 34.4 Å². The number of furan rings is 2. The largest absolute Gasteiger partial charge is 0.464 e. The predicted molar refractivity (Wildman–Crippen MR) is 297 cm³/mol. The van der Waals surface area contributed by atoms with Gasteiger partial charge in [0.1, 0.15) is 5.58 Å². The third-order valence-electron chi connectivity index (χ3n) is 15.2. The minimum absolute atomic E-state index is 0.437. The van der Waals surface area contributed by atoms with Gasteiger partial charge in [0.15, 0.2) is 5.58 Å². The molecule has 7 rings (SSSR count). The standard InChI is InChI=1S/C58H83NO2P2Si2/c1-7-13-40-64(41-14-8-2,42-15-9-3)51-32-30-50(31-33-51)63(49-26-20-19-21-27-49)59(55-29-23-25-48-37-39-61-58(48)55)62-56-35-34-52(65(43-16-10-4,44-17-11-5)45-18-12-6)46-54(56)53-28-22-24-47-36-38-60-57(47)53/h22-25,28-39,46,49,62H,7-21,26-27,40-45H2,1-6H3. The van der Waals surface area contributed by atoms with Gasteiger partial charge in [-0.15, -0.1) is 0 Å². The maximum atomic E-state index is 6.53. The minimum atomic E-state index is -1.80. The van der Waals surface area contributed by atoms with Gasteiger partial charge in [-0.05, 0) is 41.9 Å². The van der Waals surface area contributed by atoms with E-state index in [1.165, 1.54) is 178 Å². The predicted octanol–water partition coefficient (Wildman–Crippen LogP) is 17.7. The number of rotatable bonds is 27. The fourth-order valence-corrected chi connectivity index (χ4v) is 27.8. The maximum Gasteiger partial charge on any atom is 0.157 e. The summed E-state index contributed by atoms with van der Waals surface area (Å²) in [6, 6.07) is 45.1. The lowest BCUT2D eigenvalue weighted by Gasteiger charge is -2.41. The molecule has 0 radical (unpaired) electrons. The summed E-state index contributed by atoms with van der Waals surface area (Å²) in [6.45, 7) is 14.4. The van der Waals surface area contributed by atoms with E-state index < -0.39 is 24.2 Å². The average Bonchev–Trinajstić information content (AvgIpc) is 4.05. The maximum absolute atomic E-state index is 6.53. The second kappa shape index (κ2) is 24.9. The quantitative estimate of drug-likeness (QED) is 0.0381. The van der Waals surface area contributed by atoms with Crippen LogP contribution in [0.15, 0.2) is 112 Å². The Bertz CT molecular complexity index is 2280. The lowest BCUT2D eigenvalue weighted by atomic mass is 10.0. The molecule has 1 aliphatic rings. The van der Waals surface area contributed by atoms with Gasteiger partial charge in [0.25, 0.3) is 0 Å². The van der Waals surface area contributed by atoms with Crippen LogP contribution in [0.4, 0.5) is 5.69 Å². The molecule has 0 bridgehead atoms. The summed E-state index contributed by atoms with van der Waals surface area (Å²) < 4.78 is 15.9. The molecule has 0 spiro atoms. The van der Waals surface area contributed by atoms with Gasteiger partial charge in [0.2, 0.25) is 0 Å². The summed E-state index contributed by atoms with van der Waals surface area (Å²) in [5.74, 6) is 0. The molecule has 2 unspecified atom stereocenters. The molecule has 1 fully saturated rings. The first kappa shape index (κ1) is 49.9. The van der Waals surface area contributed by atoms with Gasteiger partial charge in [-0.2, -0.15) is 0 Å². The van der Waals surface area contributed by atoms with Crippen molar-refractivity contribution in [2.75, 3.05) is 4.44 Å². The normalized spacial score (nSPS) is 14.6. The second-order valence-corrected chi connectivity index (χ2v) is 33.0. The molecule has 7 heteroatoms. The summed E-state index contributed by atoms with van der Waals surface area (Å²) in [6.07, 6.45) is 26.2. The Kier molecular flexibility index (Phi) is 19.1. The van der Waals surface area contributed by atoms with Crippen LogP contribution in [0.1, 0.15) is 151 Å². The van der Waals surface area contributed by atoms with Crippen LogP contribution in [0.3, 0.4) is 0 Å². The molecule has 3 nitrogen and oxygen atoms in total. The zero-order valence-corrected chi connectivity index (χ0v) is 45.3. The second-order valence-electron chi connectivity index (χ2n) is 19.8. The third-order valence-corrected chi connectivity index (χ3v) is 31.0. The molecule has 1 aliphatic carbocycles. The van der Waals surface area contributed by atoms with Crippen LogP contribution in [0.2, 0.25) is 36.3 Å². The molecule has 0 N–H and O–H groups in total. The summed E-state index contributed by atoms with van der Waals surface area (Å²) >= 11 is 0. The van der Waals surface area contributed by atoms with E-state index in [2.05, 4.69) is 137 Å². The van der Waals surface area contributed by atoms with Gasteiger partial charge < -0.3 is 13.3 Å². The summed E-state index contributed by atoms with van der Waals surface area (Å²) in [5.41, 5.74) is 6.56. The van der Waals surface area contributed by atoms with E-state index in [9.17, 15) is 0 Å². The van der Waals surface area contributed by atoms with Crippen molar-refractivity contribution in [3.8, 4) is 11.1 Å². The van der Waals surface area contributed by atoms with Crippen LogP contribution in [-0.4, -0.2) is 21.8 Å². The molecule has 350 valence electrons. The zero-order valence-electron chi connectivity index (χ0n) is 41.4. The van der Waals surface area contributed by atoms with Gasteiger partial charge in [0, 0.05) is 44.1 Å². The van der Waals surface area contributed by atoms with E-state index in [1.807, 2.05) is 12.5 Å². The van der Waals surface area contributed by atoms with Crippen molar-refractivity contribution < 1.29 is 8.83 Å². The zero-order chi connectivity index (χ0) is 45.5. The third kappa shape index (κ3) is 11.8. The van der Waals surface area contributed by atoms with Gasteiger partial charge >= 0.3 is 0 Å². The van der Waals surface area contributed by atoms with Gasteiger partial charge in [-0.25, -0.2) is 0 Å². The summed E-state index contributed by atoms with van der Waals surface area (Å²) in [4.78, 5) is 0. The molecule has 2 aromatic heterocycles. The number of unbranched alkanes of at least 4 members (excludes halogenated alkanes) is 6. The molecule has 65 heavy (non-hydrogen) atoms. The highest BCUT2D eigenvalue weighted by Crippen LogP contribution is 2.58. The fourth-order valence-electron chi connectivity index (χ4n) is 11.4. The molecule has 2 heterocycles. The molecule has 0 amide bonds. The first-order chi connectivity index (χ1) is 31.9. The van der Waals surface area contributed by atoms with Crippen molar-refractivity contribution in [1.82, 2.24) is 0 Å². The molecule has 0 saturated heterocycles. The SMILES string of the molecule is CCCC[Si](CCCC)(CCCC)c1ccc(P(C2CCCCC2)N(Pc2ccc([Si](CCCC)(CCCC)CCCC)cc2-c2cccc3ccoc23)c2cccc3ccoc23)cc1. The number of nitrogens with zero attached hydrogens (tertiary/aromatic N) is 1. The van der Waals surface area contributed by atoms with Crippen LogP contribution in [0, 0.1) is 0 Å². The smallest absolute Gasteiger partial charge is 0.157 e. The number of para-hydroxylation sites is 2. The van der Waals surface area contributed by atoms with E-state index in [0.717, 1.165) is 11.2 Å². The number of benzene rings is 4. The minimum Gasteiger partial charge on any atom is -0.464 e. The lowest BCUT2D eigenvalue weighted by Crippen LogP contribution is -2.48. The monoisotopic (exact) mass is 944 g/mol. The van der Waals surface area contributed by atoms with Crippen LogP contribution in [0.25, 0.3) is 33.1 Å².